The first kappa shape index (κ1) is 23.1. The summed E-state index contributed by atoms with van der Waals surface area (Å²) >= 11 is 1.50. The number of hydrogen-bond acceptors (Lipinski definition) is 6. The zero-order chi connectivity index (χ0) is 24.2. The molecule has 0 fully saturated rings. The summed E-state index contributed by atoms with van der Waals surface area (Å²) in [6, 6.07) is 22.4. The van der Waals surface area contributed by atoms with Gasteiger partial charge in [0.2, 0.25) is 6.79 Å². The summed E-state index contributed by atoms with van der Waals surface area (Å²) in [4.78, 5) is 19.7. The highest BCUT2D eigenvalue weighted by molar-refractivity contribution is 7.09. The summed E-state index contributed by atoms with van der Waals surface area (Å²) in [7, 11) is 0. The van der Waals surface area contributed by atoms with Gasteiger partial charge >= 0.3 is 0 Å². The number of nitrogens with one attached hydrogen (secondary N) is 1. The Kier molecular flexibility index (Phi) is 6.79. The van der Waals surface area contributed by atoms with E-state index in [4.69, 9.17) is 9.47 Å². The number of aryl methyl sites for hydroxylation is 2. The molecule has 1 aliphatic heterocycles. The number of rotatable bonds is 8. The molecule has 178 valence electrons. The monoisotopic (exact) mass is 485 g/mol. The van der Waals surface area contributed by atoms with E-state index in [1.54, 1.807) is 0 Å². The van der Waals surface area contributed by atoms with Crippen molar-refractivity contribution in [3.05, 3.63) is 105 Å². The predicted octanol–water partition coefficient (Wildman–Crippen LogP) is 5.94. The van der Waals surface area contributed by atoms with Crippen molar-refractivity contribution in [2.45, 2.75) is 33.5 Å². The first-order chi connectivity index (χ1) is 17.0. The number of amides is 1. The summed E-state index contributed by atoms with van der Waals surface area (Å²) in [6.45, 7) is 6.48. The predicted molar refractivity (Wildman–Crippen MR) is 138 cm³/mol. The lowest BCUT2D eigenvalue weighted by molar-refractivity contribution is 0.102. The molecule has 6 nitrogen and oxygen atoms in total. The molecule has 1 aromatic heterocycles. The molecule has 5 rings (SSSR count). The van der Waals surface area contributed by atoms with Crippen LogP contribution in [0.25, 0.3) is 0 Å². The Morgan fingerprint density at radius 2 is 1.54 bits per heavy atom. The van der Waals surface area contributed by atoms with Crippen molar-refractivity contribution in [2.24, 2.45) is 0 Å². The molecule has 4 aromatic rings. The van der Waals surface area contributed by atoms with Gasteiger partial charge < -0.3 is 14.8 Å². The molecular formula is C28H27N3O3S. The van der Waals surface area contributed by atoms with E-state index in [1.807, 2.05) is 48.7 Å². The zero-order valence-electron chi connectivity index (χ0n) is 19.8. The average molecular weight is 486 g/mol. The number of benzene rings is 3. The Hall–Kier alpha value is -3.68. The molecule has 0 atom stereocenters. The maximum absolute atomic E-state index is 12.7. The fourth-order valence-corrected chi connectivity index (χ4v) is 4.74. The Morgan fingerprint density at radius 3 is 2.31 bits per heavy atom. The molecular weight excluding hydrogens is 458 g/mol. The van der Waals surface area contributed by atoms with Crippen molar-refractivity contribution < 1.29 is 14.3 Å². The molecule has 1 aliphatic rings. The number of ether oxygens (including phenoxy) is 2. The normalized spacial score (nSPS) is 12.2. The van der Waals surface area contributed by atoms with Crippen molar-refractivity contribution in [3.8, 4) is 11.5 Å². The minimum absolute atomic E-state index is 0.197. The van der Waals surface area contributed by atoms with E-state index in [9.17, 15) is 4.79 Å². The van der Waals surface area contributed by atoms with Gasteiger partial charge in [-0.1, -0.05) is 53.6 Å². The van der Waals surface area contributed by atoms with E-state index < -0.39 is 0 Å². The molecule has 0 saturated heterocycles. The number of nitrogens with zero attached hydrogens (tertiary/aromatic N) is 2. The Morgan fingerprint density at radius 1 is 0.886 bits per heavy atom. The average Bonchev–Trinajstić information content (AvgIpc) is 3.51. The minimum Gasteiger partial charge on any atom is -0.454 e. The quantitative estimate of drug-likeness (QED) is 0.334. The third-order valence-corrected chi connectivity index (χ3v) is 6.66. The maximum atomic E-state index is 12.7. The van der Waals surface area contributed by atoms with Crippen LogP contribution in [0.4, 0.5) is 5.69 Å². The van der Waals surface area contributed by atoms with Crippen LogP contribution in [0.1, 0.15) is 37.7 Å². The zero-order valence-corrected chi connectivity index (χ0v) is 20.6. The third kappa shape index (κ3) is 5.88. The highest BCUT2D eigenvalue weighted by Crippen LogP contribution is 2.33. The largest absolute Gasteiger partial charge is 0.454 e. The molecule has 0 bridgehead atoms. The fourth-order valence-electron chi connectivity index (χ4n) is 3.93. The number of aromatic nitrogens is 1. The van der Waals surface area contributed by atoms with Crippen LogP contribution in [0.2, 0.25) is 0 Å². The second kappa shape index (κ2) is 10.3. The van der Waals surface area contributed by atoms with Crippen LogP contribution in [0.5, 0.6) is 11.5 Å². The van der Waals surface area contributed by atoms with Crippen LogP contribution < -0.4 is 14.8 Å². The first-order valence-corrected chi connectivity index (χ1v) is 12.4. The lowest BCUT2D eigenvalue weighted by Crippen LogP contribution is -2.22. The van der Waals surface area contributed by atoms with Crippen molar-refractivity contribution in [1.29, 1.82) is 0 Å². The van der Waals surface area contributed by atoms with Gasteiger partial charge in [-0.15, -0.1) is 11.3 Å². The van der Waals surface area contributed by atoms with Crippen LogP contribution in [-0.4, -0.2) is 22.6 Å². The van der Waals surface area contributed by atoms with Gasteiger partial charge in [-0.3, -0.25) is 9.69 Å². The van der Waals surface area contributed by atoms with Gasteiger partial charge in [0.15, 0.2) is 11.5 Å². The molecule has 2 heterocycles. The molecule has 7 heteroatoms. The number of thiazole rings is 1. The molecule has 1 amide bonds. The highest BCUT2D eigenvalue weighted by Gasteiger charge is 2.17. The van der Waals surface area contributed by atoms with Gasteiger partial charge in [0, 0.05) is 24.2 Å². The molecule has 0 radical (unpaired) electrons. The molecule has 35 heavy (non-hydrogen) atoms. The number of anilines is 1. The third-order valence-electron chi connectivity index (χ3n) is 5.82. The van der Waals surface area contributed by atoms with Crippen LogP contribution in [-0.2, 0) is 19.6 Å². The van der Waals surface area contributed by atoms with Gasteiger partial charge in [0.25, 0.3) is 5.91 Å². The van der Waals surface area contributed by atoms with E-state index >= 15 is 0 Å². The lowest BCUT2D eigenvalue weighted by Gasteiger charge is -2.22. The van der Waals surface area contributed by atoms with Gasteiger partial charge in [0.05, 0.1) is 6.54 Å². The molecule has 0 spiro atoms. The molecule has 1 N–H and O–H groups in total. The first-order valence-electron chi connectivity index (χ1n) is 11.5. The standard InChI is InChI=1S/C28H27N3O3S/c1-19-3-7-21(8-4-19)14-31(15-22-9-12-25-26(13-22)34-18-33-25)16-27-30-24(17-35-27)28(32)29-23-10-5-20(2)6-11-23/h3-13,17H,14-16,18H2,1-2H3,(H,29,32). The van der Waals surface area contributed by atoms with E-state index in [-0.39, 0.29) is 12.7 Å². The van der Waals surface area contributed by atoms with E-state index in [1.165, 1.54) is 22.5 Å². The smallest absolute Gasteiger partial charge is 0.275 e. The van der Waals surface area contributed by atoms with Crippen molar-refractivity contribution in [2.75, 3.05) is 12.1 Å². The second-order valence-corrected chi connectivity index (χ2v) is 9.71. The summed E-state index contributed by atoms with van der Waals surface area (Å²) in [6.07, 6.45) is 0. The van der Waals surface area contributed by atoms with Gasteiger partial charge in [-0.25, -0.2) is 4.98 Å². The van der Waals surface area contributed by atoms with Crippen LogP contribution >= 0.6 is 11.3 Å². The second-order valence-electron chi connectivity index (χ2n) is 8.77. The summed E-state index contributed by atoms with van der Waals surface area (Å²) in [5, 5.41) is 5.64. The SMILES string of the molecule is Cc1ccc(CN(Cc2ccc3c(c2)OCO3)Cc2nc(C(=O)Nc3ccc(C)cc3)cs2)cc1. The van der Waals surface area contributed by atoms with Crippen LogP contribution in [0.15, 0.2) is 72.1 Å². The van der Waals surface area contributed by atoms with Crippen molar-refractivity contribution in [3.63, 3.8) is 0 Å². The van der Waals surface area contributed by atoms with Crippen LogP contribution in [0, 0.1) is 13.8 Å². The highest BCUT2D eigenvalue weighted by atomic mass is 32.1. The maximum Gasteiger partial charge on any atom is 0.275 e. The van der Waals surface area contributed by atoms with Crippen molar-refractivity contribution in [1.82, 2.24) is 9.88 Å². The Labute approximate surface area is 209 Å². The fraction of sp³-hybridized carbons (Fsp3) is 0.214. The van der Waals surface area contributed by atoms with Gasteiger partial charge in [0.1, 0.15) is 10.7 Å². The molecule has 0 aliphatic carbocycles. The molecule has 0 saturated carbocycles. The van der Waals surface area contributed by atoms with E-state index in [0.717, 1.165) is 46.4 Å². The Bertz CT molecular complexity index is 1320. The van der Waals surface area contributed by atoms with E-state index in [2.05, 4.69) is 52.5 Å². The number of carbonyl (C=O) groups excluding carboxylic acids is 1. The van der Waals surface area contributed by atoms with Crippen LogP contribution in [0.3, 0.4) is 0 Å². The summed E-state index contributed by atoms with van der Waals surface area (Å²) in [5.74, 6) is 1.36. The number of hydrogen-bond donors (Lipinski definition) is 1. The summed E-state index contributed by atoms with van der Waals surface area (Å²) in [5.41, 5.74) is 5.94. The topological polar surface area (TPSA) is 63.7 Å². The van der Waals surface area contributed by atoms with E-state index in [0.29, 0.717) is 12.2 Å². The Balaban J connectivity index is 1.31. The lowest BCUT2D eigenvalue weighted by atomic mass is 10.1. The minimum atomic E-state index is -0.197. The number of carbonyl (C=O) groups is 1. The summed E-state index contributed by atoms with van der Waals surface area (Å²) < 4.78 is 11.0. The molecule has 3 aromatic carbocycles. The van der Waals surface area contributed by atoms with Gasteiger partial charge in [-0.2, -0.15) is 0 Å². The van der Waals surface area contributed by atoms with Crippen molar-refractivity contribution >= 4 is 22.9 Å². The molecule has 0 unspecified atom stereocenters. The van der Waals surface area contributed by atoms with Gasteiger partial charge in [-0.05, 0) is 49.2 Å². The number of fused-ring (bicyclic) bond motifs is 1.